The average Bonchev–Trinajstić information content (AvgIpc) is 2.94. The zero-order chi connectivity index (χ0) is 15.7. The van der Waals surface area contributed by atoms with Gasteiger partial charge in [0, 0.05) is 10.6 Å². The Morgan fingerprint density at radius 1 is 1.09 bits per heavy atom. The summed E-state index contributed by atoms with van der Waals surface area (Å²) in [4.78, 5) is 11.3. The van der Waals surface area contributed by atoms with Crippen LogP contribution in [0.3, 0.4) is 0 Å². The van der Waals surface area contributed by atoms with Crippen molar-refractivity contribution in [3.63, 3.8) is 0 Å². The van der Waals surface area contributed by atoms with E-state index in [1.54, 1.807) is 4.68 Å². The van der Waals surface area contributed by atoms with Crippen LogP contribution in [0.15, 0.2) is 42.5 Å². The van der Waals surface area contributed by atoms with E-state index in [1.807, 2.05) is 56.3 Å². The predicted molar refractivity (Wildman–Crippen MR) is 86.7 cm³/mol. The highest BCUT2D eigenvalue weighted by atomic mass is 35.5. The van der Waals surface area contributed by atoms with Crippen LogP contribution in [0, 0.1) is 13.8 Å². The normalized spacial score (nSPS) is 10.7. The van der Waals surface area contributed by atoms with Gasteiger partial charge in [-0.3, -0.25) is 4.79 Å². The van der Waals surface area contributed by atoms with Crippen LogP contribution in [0.4, 0.5) is 0 Å². The molecule has 110 valence electrons. The van der Waals surface area contributed by atoms with Crippen LogP contribution in [0.1, 0.15) is 21.6 Å². The lowest BCUT2D eigenvalue weighted by Gasteiger charge is -2.10. The first kappa shape index (κ1) is 14.5. The largest absolute Gasteiger partial charge is 0.296 e. The van der Waals surface area contributed by atoms with Crippen LogP contribution < -0.4 is 0 Å². The van der Waals surface area contributed by atoms with Crippen LogP contribution in [-0.4, -0.2) is 21.3 Å². The first-order valence-corrected chi connectivity index (χ1v) is 7.22. The van der Waals surface area contributed by atoms with E-state index in [9.17, 15) is 4.79 Å². The fraction of sp³-hybridized carbons (Fsp3) is 0.118. The van der Waals surface area contributed by atoms with Crippen molar-refractivity contribution in [3.05, 3.63) is 64.3 Å². The second-order valence-electron chi connectivity index (χ2n) is 5.15. The van der Waals surface area contributed by atoms with Crippen molar-refractivity contribution in [2.24, 2.45) is 0 Å². The highest BCUT2D eigenvalue weighted by molar-refractivity contribution is 6.30. The van der Waals surface area contributed by atoms with E-state index in [0.29, 0.717) is 16.4 Å². The summed E-state index contributed by atoms with van der Waals surface area (Å²) in [6, 6.07) is 13.5. The summed E-state index contributed by atoms with van der Waals surface area (Å²) < 4.78 is 1.66. The molecule has 0 amide bonds. The second-order valence-corrected chi connectivity index (χ2v) is 5.59. The Balaban J connectivity index is 2.25. The molecule has 0 saturated carbocycles. The number of benzene rings is 2. The molecule has 0 aliphatic heterocycles. The maximum Gasteiger partial charge on any atom is 0.172 e. The maximum absolute atomic E-state index is 11.3. The maximum atomic E-state index is 11.3. The molecule has 4 nitrogen and oxygen atoms in total. The van der Waals surface area contributed by atoms with E-state index in [1.165, 1.54) is 0 Å². The van der Waals surface area contributed by atoms with Crippen LogP contribution >= 0.6 is 11.6 Å². The molecule has 0 bridgehead atoms. The average molecular weight is 312 g/mol. The van der Waals surface area contributed by atoms with Crippen molar-refractivity contribution in [1.82, 2.24) is 15.0 Å². The summed E-state index contributed by atoms with van der Waals surface area (Å²) in [5.41, 5.74) is 4.82. The van der Waals surface area contributed by atoms with Gasteiger partial charge in [0.1, 0.15) is 5.69 Å². The van der Waals surface area contributed by atoms with Gasteiger partial charge < -0.3 is 0 Å². The number of carbonyl (C=O) groups excluding carboxylic acids is 1. The van der Waals surface area contributed by atoms with Gasteiger partial charge in [-0.05, 0) is 31.5 Å². The fourth-order valence-corrected chi connectivity index (χ4v) is 2.50. The summed E-state index contributed by atoms with van der Waals surface area (Å²) in [7, 11) is 0. The highest BCUT2D eigenvalue weighted by Crippen LogP contribution is 2.27. The SMILES string of the molecule is Cc1ccc(-c2c(C=O)nnn2-c2cc(Cl)ccc2C)cc1. The molecule has 22 heavy (non-hydrogen) atoms. The number of nitrogens with zero attached hydrogens (tertiary/aromatic N) is 3. The highest BCUT2D eigenvalue weighted by Gasteiger charge is 2.17. The molecule has 0 unspecified atom stereocenters. The van der Waals surface area contributed by atoms with Gasteiger partial charge in [-0.25, -0.2) is 4.68 Å². The molecule has 2 aromatic carbocycles. The summed E-state index contributed by atoms with van der Waals surface area (Å²) in [5.74, 6) is 0. The van der Waals surface area contributed by atoms with E-state index in [-0.39, 0.29) is 0 Å². The van der Waals surface area contributed by atoms with E-state index < -0.39 is 0 Å². The molecule has 3 aromatic rings. The minimum Gasteiger partial charge on any atom is -0.296 e. The molecule has 3 rings (SSSR count). The summed E-state index contributed by atoms with van der Waals surface area (Å²) >= 11 is 6.10. The first-order valence-electron chi connectivity index (χ1n) is 6.84. The van der Waals surface area contributed by atoms with Crippen molar-refractivity contribution in [1.29, 1.82) is 0 Å². The number of carbonyl (C=O) groups is 1. The Morgan fingerprint density at radius 3 is 2.50 bits per heavy atom. The molecular formula is C17H14ClN3O. The molecule has 1 heterocycles. The number of aldehydes is 1. The van der Waals surface area contributed by atoms with Crippen molar-refractivity contribution < 1.29 is 4.79 Å². The molecule has 0 aliphatic carbocycles. The molecule has 0 fully saturated rings. The predicted octanol–water partition coefficient (Wildman–Crippen LogP) is 4.02. The molecule has 0 aliphatic rings. The molecule has 1 aromatic heterocycles. The van der Waals surface area contributed by atoms with Crippen molar-refractivity contribution in [3.8, 4) is 16.9 Å². The zero-order valence-corrected chi connectivity index (χ0v) is 13.0. The van der Waals surface area contributed by atoms with Crippen LogP contribution in [-0.2, 0) is 0 Å². The van der Waals surface area contributed by atoms with Crippen LogP contribution in [0.25, 0.3) is 16.9 Å². The fourth-order valence-electron chi connectivity index (χ4n) is 2.33. The van der Waals surface area contributed by atoms with Gasteiger partial charge in [0.25, 0.3) is 0 Å². The van der Waals surface area contributed by atoms with Gasteiger partial charge >= 0.3 is 0 Å². The third kappa shape index (κ3) is 2.53. The minimum atomic E-state index is 0.309. The molecule has 5 heteroatoms. The summed E-state index contributed by atoms with van der Waals surface area (Å²) in [6.07, 6.45) is 0.721. The first-order chi connectivity index (χ1) is 10.6. The topological polar surface area (TPSA) is 47.8 Å². The Hall–Kier alpha value is -2.46. The number of aromatic nitrogens is 3. The number of hydrogen-bond donors (Lipinski definition) is 0. The third-order valence-corrected chi connectivity index (χ3v) is 3.77. The van der Waals surface area contributed by atoms with Crippen molar-refractivity contribution in [2.75, 3.05) is 0 Å². The second kappa shape index (κ2) is 5.73. The van der Waals surface area contributed by atoms with Gasteiger partial charge in [-0.15, -0.1) is 5.10 Å². The lowest BCUT2D eigenvalue weighted by Crippen LogP contribution is -2.02. The third-order valence-electron chi connectivity index (χ3n) is 3.53. The molecule has 0 N–H and O–H groups in total. The summed E-state index contributed by atoms with van der Waals surface area (Å²) in [5, 5.41) is 8.73. The van der Waals surface area contributed by atoms with Gasteiger partial charge in [-0.1, -0.05) is 52.7 Å². The molecular weight excluding hydrogens is 298 g/mol. The Bertz CT molecular complexity index is 838. The Kier molecular flexibility index (Phi) is 3.77. The minimum absolute atomic E-state index is 0.309. The van der Waals surface area contributed by atoms with Crippen molar-refractivity contribution in [2.45, 2.75) is 13.8 Å². The van der Waals surface area contributed by atoms with Crippen molar-refractivity contribution >= 4 is 17.9 Å². The zero-order valence-electron chi connectivity index (χ0n) is 12.2. The molecule has 0 saturated heterocycles. The molecule has 0 radical (unpaired) electrons. The lowest BCUT2D eigenvalue weighted by molar-refractivity contribution is 0.111. The van der Waals surface area contributed by atoms with Crippen LogP contribution in [0.5, 0.6) is 0 Å². The number of halogens is 1. The van der Waals surface area contributed by atoms with E-state index in [4.69, 9.17) is 11.6 Å². The Labute approximate surface area is 133 Å². The quantitative estimate of drug-likeness (QED) is 0.686. The monoisotopic (exact) mass is 311 g/mol. The van der Waals surface area contributed by atoms with Gasteiger partial charge in [-0.2, -0.15) is 0 Å². The number of rotatable bonds is 3. The number of hydrogen-bond acceptors (Lipinski definition) is 3. The standard InChI is InChI=1S/C17H14ClN3O/c1-11-3-6-13(7-4-11)17-15(10-22)19-20-21(17)16-9-14(18)8-5-12(16)2/h3-10H,1-2H3. The van der Waals surface area contributed by atoms with E-state index in [2.05, 4.69) is 10.3 Å². The molecule has 0 spiro atoms. The Morgan fingerprint density at radius 2 is 1.82 bits per heavy atom. The van der Waals surface area contributed by atoms with E-state index >= 15 is 0 Å². The van der Waals surface area contributed by atoms with Crippen LogP contribution in [0.2, 0.25) is 5.02 Å². The van der Waals surface area contributed by atoms with Gasteiger partial charge in [0.15, 0.2) is 12.0 Å². The van der Waals surface area contributed by atoms with E-state index in [0.717, 1.165) is 28.7 Å². The number of aryl methyl sites for hydroxylation is 2. The van der Waals surface area contributed by atoms with Gasteiger partial charge in [0.05, 0.1) is 5.69 Å². The summed E-state index contributed by atoms with van der Waals surface area (Å²) in [6.45, 7) is 3.98. The van der Waals surface area contributed by atoms with Gasteiger partial charge in [0.2, 0.25) is 0 Å². The smallest absolute Gasteiger partial charge is 0.172 e. The lowest BCUT2D eigenvalue weighted by atomic mass is 10.1. The molecule has 0 atom stereocenters.